The molecule has 3 fully saturated rings. The molecule has 17 unspecified atom stereocenters. The lowest BCUT2D eigenvalue weighted by atomic mass is 9.96. The van der Waals surface area contributed by atoms with Crippen molar-refractivity contribution < 1.29 is 89.4 Å². The van der Waals surface area contributed by atoms with E-state index in [4.69, 9.17) is 28.4 Å². The van der Waals surface area contributed by atoms with Gasteiger partial charge in [-0.2, -0.15) is 0 Å². The third-order valence-corrected chi connectivity index (χ3v) is 20.6. The Morgan fingerprint density at radius 3 is 1.05 bits per heavy atom. The number of hydrogen-bond acceptors (Lipinski definition) is 18. The molecule has 3 saturated heterocycles. The zero-order valence-electron chi connectivity index (χ0n) is 66.3. The third-order valence-electron chi connectivity index (χ3n) is 20.6. The molecular formula is C88H153NO18. The molecule has 12 N–H and O–H groups in total. The van der Waals surface area contributed by atoms with E-state index in [9.17, 15) is 61.0 Å². The summed E-state index contributed by atoms with van der Waals surface area (Å²) in [5.74, 6) is -0.298. The molecule has 0 radical (unpaired) electrons. The minimum absolute atomic E-state index is 0.216. The zero-order valence-corrected chi connectivity index (χ0v) is 66.3. The smallest absolute Gasteiger partial charge is 0.220 e. The molecule has 17 atom stereocenters. The lowest BCUT2D eigenvalue weighted by Crippen LogP contribution is -2.66. The van der Waals surface area contributed by atoms with Crippen molar-refractivity contribution in [1.29, 1.82) is 0 Å². The summed E-state index contributed by atoms with van der Waals surface area (Å²) in [4.78, 5) is 13.5. The summed E-state index contributed by atoms with van der Waals surface area (Å²) in [5, 5.41) is 121. The van der Waals surface area contributed by atoms with Gasteiger partial charge >= 0.3 is 0 Å². The Hall–Kier alpha value is -3.55. The van der Waals surface area contributed by atoms with E-state index in [0.29, 0.717) is 12.8 Å². The number of ether oxygens (including phenoxy) is 6. The monoisotopic (exact) mass is 1510 g/mol. The summed E-state index contributed by atoms with van der Waals surface area (Å²) < 4.78 is 34.5. The van der Waals surface area contributed by atoms with Gasteiger partial charge in [0.2, 0.25) is 5.91 Å². The standard InChI is InChI=1S/C88H153NO18/c1-3-5-7-9-11-13-15-17-19-21-23-25-27-29-31-33-34-35-36-38-39-41-43-45-47-49-51-53-55-57-59-61-63-65-72(93)71(89-76(94)66-64-62-60-58-56-54-52-50-48-46-44-42-40-37-32-30-28-26-24-22-20-18-16-14-12-10-8-6-4-2)70-102-86-82(100)79(97)84(74(68-91)104-86)107-88-83(101)80(98)85(75(69-92)105-88)106-87-81(99)78(96)77(95)73(67-90)103-87/h6,8,12,14,18,20,24,26,30,32,40,42,46,48,55,57,63,65,71-75,77-88,90-93,95-101H,3-5,7,9-11,13,15-17,19,21-23,25,27-29,31,33-39,41,43-45,47,49-54,56,58-62,64,66-70H2,1-2H3,(H,89,94)/b8-6-,14-12-,20-18-,26-24-,32-30-,42-40-,48-46-,57-55+,65-63+. The quantitative estimate of drug-likeness (QED) is 0.0199. The Morgan fingerprint density at radius 2 is 0.654 bits per heavy atom. The second-order valence-corrected chi connectivity index (χ2v) is 29.9. The molecular weight excluding hydrogens is 1360 g/mol. The van der Waals surface area contributed by atoms with Crippen LogP contribution in [0, 0.1) is 0 Å². The summed E-state index contributed by atoms with van der Waals surface area (Å²) in [5.41, 5.74) is 0. The summed E-state index contributed by atoms with van der Waals surface area (Å²) >= 11 is 0. The topological polar surface area (TPSA) is 307 Å². The van der Waals surface area contributed by atoms with Crippen LogP contribution >= 0.6 is 0 Å². The fourth-order valence-corrected chi connectivity index (χ4v) is 13.8. The minimum atomic E-state index is -1.99. The van der Waals surface area contributed by atoms with Crippen LogP contribution in [0.1, 0.15) is 309 Å². The summed E-state index contributed by atoms with van der Waals surface area (Å²) in [6.45, 7) is 1.62. The number of unbranched alkanes of at least 4 members (excludes halogenated alkanes) is 35. The van der Waals surface area contributed by atoms with Crippen molar-refractivity contribution in [2.75, 3.05) is 26.4 Å². The first-order valence-electron chi connectivity index (χ1n) is 42.6. The van der Waals surface area contributed by atoms with E-state index in [-0.39, 0.29) is 18.9 Å². The lowest BCUT2D eigenvalue weighted by Gasteiger charge is -2.48. The Labute approximate surface area is 646 Å². The third kappa shape index (κ3) is 46.3. The highest BCUT2D eigenvalue weighted by atomic mass is 16.8. The highest BCUT2D eigenvalue weighted by molar-refractivity contribution is 5.76. The van der Waals surface area contributed by atoms with Crippen LogP contribution in [0.25, 0.3) is 0 Å². The molecule has 0 aromatic heterocycles. The second kappa shape index (κ2) is 67.0. The minimum Gasteiger partial charge on any atom is -0.394 e. The number of hydrogen-bond donors (Lipinski definition) is 12. The number of carbonyl (C=O) groups is 1. The molecule has 19 heteroatoms. The van der Waals surface area contributed by atoms with E-state index in [1.54, 1.807) is 6.08 Å². The van der Waals surface area contributed by atoms with Crippen LogP contribution in [0.15, 0.2) is 109 Å². The van der Waals surface area contributed by atoms with Gasteiger partial charge in [0, 0.05) is 6.42 Å². The molecule has 0 spiro atoms. The molecule has 3 aliphatic heterocycles. The fraction of sp³-hybridized carbons (Fsp3) is 0.784. The molecule has 0 aromatic carbocycles. The van der Waals surface area contributed by atoms with Crippen LogP contribution in [0.4, 0.5) is 0 Å². The Kier molecular flexibility index (Phi) is 61.1. The van der Waals surface area contributed by atoms with Crippen molar-refractivity contribution in [2.45, 2.75) is 413 Å². The number of carbonyl (C=O) groups excluding carboxylic acids is 1. The van der Waals surface area contributed by atoms with Gasteiger partial charge in [0.25, 0.3) is 0 Å². The normalized spacial score (nSPS) is 26.1. The average Bonchev–Trinajstić information content (AvgIpc) is 0.781. The van der Waals surface area contributed by atoms with Crippen LogP contribution in [-0.2, 0) is 33.2 Å². The van der Waals surface area contributed by atoms with E-state index in [0.717, 1.165) is 109 Å². The summed E-state index contributed by atoms with van der Waals surface area (Å²) in [7, 11) is 0. The van der Waals surface area contributed by atoms with Gasteiger partial charge in [-0.1, -0.05) is 322 Å². The molecule has 107 heavy (non-hydrogen) atoms. The number of aliphatic hydroxyl groups excluding tert-OH is 11. The van der Waals surface area contributed by atoms with E-state index in [2.05, 4.69) is 116 Å². The number of aliphatic hydroxyl groups is 11. The number of nitrogens with one attached hydrogen (secondary N) is 1. The van der Waals surface area contributed by atoms with Crippen molar-refractivity contribution in [3.05, 3.63) is 109 Å². The van der Waals surface area contributed by atoms with Gasteiger partial charge in [-0.15, -0.1) is 0 Å². The van der Waals surface area contributed by atoms with Gasteiger partial charge in [-0.25, -0.2) is 0 Å². The van der Waals surface area contributed by atoms with Gasteiger partial charge < -0.3 is 89.9 Å². The SMILES string of the molecule is CC/C=C\C/C=C\C/C=C\C/C=C\C/C=C\C/C=C\C/C=C\CCCCCCCCCC(=O)NC(COC1OC(CO)C(OC2OC(CO)C(OC3OC(CO)C(O)C(O)C3O)C(O)C2O)C(O)C1O)C(O)/C=C/CC/C=C/CCCCCCCCCCCCCCCCCCCCCCCCCCCCC. The van der Waals surface area contributed by atoms with Crippen LogP contribution in [-0.4, -0.2) is 193 Å². The van der Waals surface area contributed by atoms with Crippen molar-refractivity contribution in [3.63, 3.8) is 0 Å². The maximum absolute atomic E-state index is 13.5. The Balaban J connectivity index is 1.38. The van der Waals surface area contributed by atoms with Crippen molar-refractivity contribution >= 4 is 5.91 Å². The van der Waals surface area contributed by atoms with Crippen LogP contribution < -0.4 is 5.32 Å². The van der Waals surface area contributed by atoms with Crippen LogP contribution in [0.2, 0.25) is 0 Å². The number of rotatable bonds is 67. The lowest BCUT2D eigenvalue weighted by molar-refractivity contribution is -0.379. The van der Waals surface area contributed by atoms with Gasteiger partial charge in [-0.3, -0.25) is 4.79 Å². The van der Waals surface area contributed by atoms with E-state index < -0.39 is 124 Å². The van der Waals surface area contributed by atoms with Crippen LogP contribution in [0.3, 0.4) is 0 Å². The predicted octanol–water partition coefficient (Wildman–Crippen LogP) is 15.3. The molecule has 3 rings (SSSR count). The predicted molar refractivity (Wildman–Crippen MR) is 429 cm³/mol. The largest absolute Gasteiger partial charge is 0.394 e. The molecule has 0 aliphatic carbocycles. The van der Waals surface area contributed by atoms with E-state index in [1.165, 1.54) is 167 Å². The molecule has 618 valence electrons. The van der Waals surface area contributed by atoms with Gasteiger partial charge in [-0.05, 0) is 89.9 Å². The van der Waals surface area contributed by atoms with Gasteiger partial charge in [0.05, 0.1) is 38.6 Å². The first-order chi connectivity index (χ1) is 52.3. The zero-order chi connectivity index (χ0) is 77.4. The number of amides is 1. The maximum Gasteiger partial charge on any atom is 0.220 e. The molecule has 19 nitrogen and oxygen atoms in total. The fourth-order valence-electron chi connectivity index (χ4n) is 13.8. The summed E-state index contributed by atoms with van der Waals surface area (Å²) in [6.07, 6.45) is 66.6. The Bertz CT molecular complexity index is 2360. The molecule has 0 aromatic rings. The van der Waals surface area contributed by atoms with Gasteiger partial charge in [0.15, 0.2) is 18.9 Å². The second-order valence-electron chi connectivity index (χ2n) is 29.9. The number of allylic oxidation sites excluding steroid dienone is 17. The molecule has 3 heterocycles. The average molecular weight is 1510 g/mol. The molecule has 0 bridgehead atoms. The maximum atomic E-state index is 13.5. The molecule has 1 amide bonds. The van der Waals surface area contributed by atoms with Crippen molar-refractivity contribution in [3.8, 4) is 0 Å². The van der Waals surface area contributed by atoms with Crippen LogP contribution in [0.5, 0.6) is 0 Å². The van der Waals surface area contributed by atoms with Crippen molar-refractivity contribution in [1.82, 2.24) is 5.32 Å². The first kappa shape index (κ1) is 97.6. The first-order valence-corrected chi connectivity index (χ1v) is 42.6. The van der Waals surface area contributed by atoms with Crippen molar-refractivity contribution in [2.24, 2.45) is 0 Å². The highest BCUT2D eigenvalue weighted by Crippen LogP contribution is 2.33. The van der Waals surface area contributed by atoms with Gasteiger partial charge in [0.1, 0.15) is 73.2 Å². The Morgan fingerprint density at radius 1 is 0.346 bits per heavy atom. The van der Waals surface area contributed by atoms with E-state index >= 15 is 0 Å². The van der Waals surface area contributed by atoms with E-state index in [1.807, 2.05) is 6.08 Å². The highest BCUT2D eigenvalue weighted by Gasteiger charge is 2.54. The molecule has 3 aliphatic rings. The summed E-state index contributed by atoms with van der Waals surface area (Å²) in [6, 6.07) is -1.01. The molecule has 0 saturated carbocycles.